The molecule has 0 spiro atoms. The molecule has 2 aromatic rings. The summed E-state index contributed by atoms with van der Waals surface area (Å²) in [7, 11) is -1.95. The Morgan fingerprint density at radius 1 is 1.32 bits per heavy atom. The van der Waals surface area contributed by atoms with E-state index in [4.69, 9.17) is 0 Å². The Bertz CT molecular complexity index is 878. The minimum Gasteiger partial charge on any atom is -0.296 e. The van der Waals surface area contributed by atoms with Crippen molar-refractivity contribution in [2.24, 2.45) is 0 Å². The Morgan fingerprint density at radius 2 is 2.00 bits per heavy atom. The second-order valence-corrected chi connectivity index (χ2v) is 10.5. The highest BCUT2D eigenvalue weighted by Crippen LogP contribution is 2.29. The van der Waals surface area contributed by atoms with Gasteiger partial charge in [-0.25, -0.2) is 8.42 Å². The lowest BCUT2D eigenvalue weighted by molar-refractivity contribution is 0.102. The van der Waals surface area contributed by atoms with Crippen LogP contribution < -0.4 is 9.62 Å². The van der Waals surface area contributed by atoms with Gasteiger partial charge in [0.25, 0.3) is 5.91 Å². The Balaban J connectivity index is 2.21. The zero-order chi connectivity index (χ0) is 18.8. The van der Waals surface area contributed by atoms with Crippen LogP contribution >= 0.6 is 23.1 Å². The quantitative estimate of drug-likeness (QED) is 0.592. The highest BCUT2D eigenvalue weighted by atomic mass is 32.2. The fourth-order valence-electron chi connectivity index (χ4n) is 1.95. The highest BCUT2D eigenvalue weighted by Gasteiger charge is 2.17. The van der Waals surface area contributed by atoms with Gasteiger partial charge in [-0.15, -0.1) is 10.2 Å². The van der Waals surface area contributed by atoms with Crippen molar-refractivity contribution >= 4 is 49.8 Å². The number of nitrogens with zero attached hydrogens (tertiary/aromatic N) is 3. The monoisotopic (exact) mass is 400 g/mol. The number of amides is 1. The minimum absolute atomic E-state index is 0.351. The van der Waals surface area contributed by atoms with Crippen LogP contribution in [0.3, 0.4) is 0 Å². The summed E-state index contributed by atoms with van der Waals surface area (Å²) in [5.41, 5.74) is 1.57. The van der Waals surface area contributed by atoms with Crippen molar-refractivity contribution in [1.82, 2.24) is 10.2 Å². The molecule has 0 unspecified atom stereocenters. The van der Waals surface area contributed by atoms with Crippen molar-refractivity contribution in [2.45, 2.75) is 30.4 Å². The molecule has 0 saturated heterocycles. The Hall–Kier alpha value is -1.65. The van der Waals surface area contributed by atoms with E-state index in [0.717, 1.165) is 20.5 Å². The van der Waals surface area contributed by atoms with Crippen LogP contribution in [0.5, 0.6) is 0 Å². The summed E-state index contributed by atoms with van der Waals surface area (Å²) in [6.45, 7) is 5.89. The number of aromatic nitrogens is 2. The van der Waals surface area contributed by atoms with Crippen LogP contribution in [-0.2, 0) is 10.0 Å². The number of carbonyl (C=O) groups excluding carboxylic acids is 1. The molecule has 0 saturated carbocycles. The first-order valence-electron chi connectivity index (χ1n) is 7.44. The molecule has 1 heterocycles. The van der Waals surface area contributed by atoms with Crippen molar-refractivity contribution in [3.8, 4) is 0 Å². The molecule has 2 rings (SSSR count). The van der Waals surface area contributed by atoms with Crippen LogP contribution in [0, 0.1) is 6.92 Å². The summed E-state index contributed by atoms with van der Waals surface area (Å²) in [4.78, 5) is 12.4. The van der Waals surface area contributed by atoms with E-state index >= 15 is 0 Å². The number of benzene rings is 1. The molecule has 0 aliphatic carbocycles. The lowest BCUT2D eigenvalue weighted by Crippen LogP contribution is -2.26. The van der Waals surface area contributed by atoms with Gasteiger partial charge in [-0.2, -0.15) is 0 Å². The summed E-state index contributed by atoms with van der Waals surface area (Å²) in [5, 5.41) is 11.5. The number of aryl methyl sites for hydroxylation is 1. The lowest BCUT2D eigenvalue weighted by atomic mass is 10.1. The zero-order valence-electron chi connectivity index (χ0n) is 14.6. The first-order chi connectivity index (χ1) is 11.6. The molecule has 0 fully saturated rings. The molecule has 136 valence electrons. The maximum Gasteiger partial charge on any atom is 0.257 e. The largest absolute Gasteiger partial charge is 0.296 e. The molecule has 0 aliphatic heterocycles. The van der Waals surface area contributed by atoms with Gasteiger partial charge in [0.1, 0.15) is 0 Å². The second-order valence-electron chi connectivity index (χ2n) is 5.73. The van der Waals surface area contributed by atoms with E-state index in [1.54, 1.807) is 36.9 Å². The second kappa shape index (κ2) is 7.71. The SMILES string of the molecule is Cc1ccc(C(=O)Nc2nnc(SC(C)C)s2)cc1N(C)S(C)(=O)=O. The minimum atomic E-state index is -3.41. The van der Waals surface area contributed by atoms with Gasteiger partial charge in [0.2, 0.25) is 15.2 Å². The molecule has 25 heavy (non-hydrogen) atoms. The summed E-state index contributed by atoms with van der Waals surface area (Å²) >= 11 is 2.88. The van der Waals surface area contributed by atoms with Crippen LogP contribution in [0.1, 0.15) is 29.8 Å². The van der Waals surface area contributed by atoms with Gasteiger partial charge < -0.3 is 0 Å². The molecule has 1 aromatic carbocycles. The van der Waals surface area contributed by atoms with Crippen LogP contribution in [0.2, 0.25) is 0 Å². The van der Waals surface area contributed by atoms with Gasteiger partial charge in [0.15, 0.2) is 4.34 Å². The Labute approximate surface area is 155 Å². The standard InChI is InChI=1S/C15H20N4O3S3/c1-9(2)23-15-18-17-14(24-15)16-13(20)11-7-6-10(3)12(8-11)19(4)25(5,21)22/h6-9H,1-5H3,(H,16,17,20). The normalized spacial score (nSPS) is 11.6. The van der Waals surface area contributed by atoms with E-state index in [1.165, 1.54) is 18.4 Å². The van der Waals surface area contributed by atoms with Crippen molar-refractivity contribution in [3.05, 3.63) is 29.3 Å². The Kier molecular flexibility index (Phi) is 6.07. The van der Waals surface area contributed by atoms with Crippen molar-refractivity contribution in [3.63, 3.8) is 0 Å². The third kappa shape index (κ3) is 5.16. The molecule has 7 nitrogen and oxygen atoms in total. The summed E-state index contributed by atoms with van der Waals surface area (Å²) in [6.07, 6.45) is 1.12. The molecule has 0 atom stereocenters. The molecule has 0 radical (unpaired) electrons. The number of thioether (sulfide) groups is 1. The van der Waals surface area contributed by atoms with Crippen LogP contribution in [0.15, 0.2) is 22.5 Å². The topological polar surface area (TPSA) is 92.3 Å². The summed E-state index contributed by atoms with van der Waals surface area (Å²) in [6, 6.07) is 4.91. The van der Waals surface area contributed by atoms with Gasteiger partial charge in [-0.05, 0) is 24.6 Å². The van der Waals surface area contributed by atoms with E-state index in [9.17, 15) is 13.2 Å². The van der Waals surface area contributed by atoms with Gasteiger partial charge in [0, 0.05) is 17.9 Å². The van der Waals surface area contributed by atoms with Gasteiger partial charge in [0.05, 0.1) is 11.9 Å². The number of hydrogen-bond acceptors (Lipinski definition) is 7. The number of rotatable bonds is 6. The number of sulfonamides is 1. The number of carbonyl (C=O) groups is 1. The third-order valence-corrected chi connectivity index (χ3v) is 6.39. The summed E-state index contributed by atoms with van der Waals surface area (Å²) in [5.74, 6) is -0.361. The number of nitrogens with one attached hydrogen (secondary N) is 1. The third-order valence-electron chi connectivity index (χ3n) is 3.27. The maximum atomic E-state index is 12.4. The van der Waals surface area contributed by atoms with E-state index in [-0.39, 0.29) is 5.91 Å². The molecular formula is C15H20N4O3S3. The molecule has 1 N–H and O–H groups in total. The Morgan fingerprint density at radius 3 is 2.60 bits per heavy atom. The van der Waals surface area contributed by atoms with E-state index in [2.05, 4.69) is 29.4 Å². The maximum absolute atomic E-state index is 12.4. The van der Waals surface area contributed by atoms with Crippen LogP contribution in [-0.4, -0.2) is 43.1 Å². The van der Waals surface area contributed by atoms with E-state index < -0.39 is 10.0 Å². The molecule has 10 heteroatoms. The van der Waals surface area contributed by atoms with Crippen molar-refractivity contribution in [1.29, 1.82) is 0 Å². The smallest absolute Gasteiger partial charge is 0.257 e. The lowest BCUT2D eigenvalue weighted by Gasteiger charge is -2.19. The van der Waals surface area contributed by atoms with E-state index in [1.807, 2.05) is 0 Å². The first kappa shape index (κ1) is 19.7. The van der Waals surface area contributed by atoms with Crippen LogP contribution in [0.25, 0.3) is 0 Å². The van der Waals surface area contributed by atoms with Gasteiger partial charge >= 0.3 is 0 Å². The predicted octanol–water partition coefficient (Wildman–Crippen LogP) is 3.00. The fraction of sp³-hybridized carbons (Fsp3) is 0.400. The van der Waals surface area contributed by atoms with Gasteiger partial charge in [-0.3, -0.25) is 14.4 Å². The molecule has 1 aromatic heterocycles. The molecular weight excluding hydrogens is 380 g/mol. The zero-order valence-corrected chi connectivity index (χ0v) is 17.1. The average molecular weight is 401 g/mol. The molecule has 0 aliphatic rings. The number of anilines is 2. The number of hydrogen-bond donors (Lipinski definition) is 1. The molecule has 0 bridgehead atoms. The highest BCUT2D eigenvalue weighted by molar-refractivity contribution is 8.01. The fourth-order valence-corrected chi connectivity index (χ4v) is 4.47. The van der Waals surface area contributed by atoms with Crippen LogP contribution in [0.4, 0.5) is 10.8 Å². The van der Waals surface area contributed by atoms with Crippen molar-refractivity contribution < 1.29 is 13.2 Å². The molecule has 1 amide bonds. The predicted molar refractivity (Wildman–Crippen MR) is 103 cm³/mol. The van der Waals surface area contributed by atoms with Crippen molar-refractivity contribution in [2.75, 3.05) is 22.9 Å². The van der Waals surface area contributed by atoms with E-state index in [0.29, 0.717) is 21.6 Å². The summed E-state index contributed by atoms with van der Waals surface area (Å²) < 4.78 is 25.4. The first-order valence-corrected chi connectivity index (χ1v) is 11.0. The van der Waals surface area contributed by atoms with Gasteiger partial charge in [-0.1, -0.05) is 43.0 Å². The average Bonchev–Trinajstić information content (AvgIpc) is 2.92.